The molecule has 138 valence electrons. The summed E-state index contributed by atoms with van der Waals surface area (Å²) < 4.78 is 0. The molecule has 0 radical (unpaired) electrons. The lowest BCUT2D eigenvalue weighted by Gasteiger charge is -2.49. The summed E-state index contributed by atoms with van der Waals surface area (Å²) >= 11 is 1.78. The highest BCUT2D eigenvalue weighted by molar-refractivity contribution is 7.99. The van der Waals surface area contributed by atoms with Gasteiger partial charge >= 0.3 is 0 Å². The number of piperidine rings is 2. The third kappa shape index (κ3) is 4.79. The number of hydrogen-bond acceptors (Lipinski definition) is 3. The van der Waals surface area contributed by atoms with Crippen molar-refractivity contribution in [2.75, 3.05) is 44.7 Å². The van der Waals surface area contributed by atoms with Crippen molar-refractivity contribution >= 4 is 17.7 Å². The average molecular weight is 361 g/mol. The summed E-state index contributed by atoms with van der Waals surface area (Å²) in [6.07, 6.45) is 4.73. The predicted octanol–water partition coefficient (Wildman–Crippen LogP) is 3.86. The molecule has 3 rings (SSSR count). The molecule has 0 bridgehead atoms. The summed E-state index contributed by atoms with van der Waals surface area (Å²) in [4.78, 5) is 17.0. The highest BCUT2D eigenvalue weighted by Gasteiger charge is 2.41. The quantitative estimate of drug-likeness (QED) is 0.745. The molecule has 0 unspecified atom stereocenters. The van der Waals surface area contributed by atoms with Crippen LogP contribution in [0.25, 0.3) is 0 Å². The van der Waals surface area contributed by atoms with Crippen molar-refractivity contribution in [1.82, 2.24) is 9.80 Å². The number of carbonyl (C=O) groups is 1. The molecule has 4 heteroatoms. The maximum atomic E-state index is 12.4. The van der Waals surface area contributed by atoms with Crippen LogP contribution >= 0.6 is 11.8 Å². The number of thioether (sulfide) groups is 1. The van der Waals surface area contributed by atoms with Gasteiger partial charge in [-0.2, -0.15) is 11.8 Å². The molecule has 0 N–H and O–H groups in total. The van der Waals surface area contributed by atoms with Gasteiger partial charge in [0.05, 0.1) is 5.75 Å². The second-order valence-corrected chi connectivity index (χ2v) is 9.05. The van der Waals surface area contributed by atoms with Gasteiger partial charge in [-0.05, 0) is 55.4 Å². The number of amides is 1. The van der Waals surface area contributed by atoms with Gasteiger partial charge < -0.3 is 9.80 Å². The van der Waals surface area contributed by atoms with Gasteiger partial charge in [0.2, 0.25) is 5.91 Å². The molecule has 0 aliphatic carbocycles. The molecule has 0 saturated carbocycles. The van der Waals surface area contributed by atoms with E-state index in [1.54, 1.807) is 11.8 Å². The molecule has 2 aliphatic heterocycles. The standard InChI is InChI=1S/C21H32N2OS/c1-3-13-25-16-20(24)23-11-9-21(10-12-23)14-19(15-22(2)17-21)18-7-5-4-6-8-18/h4-8,19H,3,9-17H2,1-2H3/t19-/m0/s1. The fourth-order valence-electron chi connectivity index (χ4n) is 4.60. The zero-order valence-corrected chi connectivity index (χ0v) is 16.6. The van der Waals surface area contributed by atoms with E-state index in [9.17, 15) is 4.79 Å². The number of carbonyl (C=O) groups excluding carboxylic acids is 1. The summed E-state index contributed by atoms with van der Waals surface area (Å²) in [6, 6.07) is 11.0. The SMILES string of the molecule is CCCSCC(=O)N1CCC2(CC1)C[C@H](c1ccccc1)CN(C)C2. The molecule has 0 aromatic heterocycles. The summed E-state index contributed by atoms with van der Waals surface area (Å²) in [6.45, 7) is 6.40. The van der Waals surface area contributed by atoms with Crippen LogP contribution in [-0.4, -0.2) is 60.4 Å². The van der Waals surface area contributed by atoms with Gasteiger partial charge in [0.25, 0.3) is 0 Å². The predicted molar refractivity (Wildman–Crippen MR) is 107 cm³/mol. The second-order valence-electron chi connectivity index (χ2n) is 7.94. The van der Waals surface area contributed by atoms with Gasteiger partial charge in [0, 0.05) is 26.2 Å². The van der Waals surface area contributed by atoms with Crippen molar-refractivity contribution in [2.24, 2.45) is 5.41 Å². The summed E-state index contributed by atoms with van der Waals surface area (Å²) in [7, 11) is 2.26. The highest BCUT2D eigenvalue weighted by atomic mass is 32.2. The third-order valence-corrected chi connectivity index (χ3v) is 6.99. The Morgan fingerprint density at radius 3 is 2.64 bits per heavy atom. The Hall–Kier alpha value is -1.00. The normalized spacial score (nSPS) is 23.8. The van der Waals surface area contributed by atoms with Crippen LogP contribution in [0.4, 0.5) is 0 Å². The fourth-order valence-corrected chi connectivity index (χ4v) is 5.39. The minimum Gasteiger partial charge on any atom is -0.342 e. The molecule has 25 heavy (non-hydrogen) atoms. The lowest BCUT2D eigenvalue weighted by atomic mass is 9.68. The maximum absolute atomic E-state index is 12.4. The van der Waals surface area contributed by atoms with Crippen molar-refractivity contribution in [1.29, 1.82) is 0 Å². The Morgan fingerprint density at radius 1 is 1.24 bits per heavy atom. The number of likely N-dealkylation sites (N-methyl/N-ethyl adjacent to an activating group) is 1. The molecule has 2 fully saturated rings. The van der Waals surface area contributed by atoms with Gasteiger partial charge in [-0.1, -0.05) is 37.3 Å². The molecular formula is C21H32N2OS. The lowest BCUT2D eigenvalue weighted by molar-refractivity contribution is -0.131. The molecule has 3 nitrogen and oxygen atoms in total. The van der Waals surface area contributed by atoms with Crippen molar-refractivity contribution < 1.29 is 4.79 Å². The first-order valence-corrected chi connectivity index (χ1v) is 10.9. The van der Waals surface area contributed by atoms with E-state index in [0.717, 1.165) is 44.6 Å². The molecule has 2 aliphatic rings. The monoisotopic (exact) mass is 360 g/mol. The van der Waals surface area contributed by atoms with Crippen molar-refractivity contribution in [3.8, 4) is 0 Å². The highest BCUT2D eigenvalue weighted by Crippen LogP contribution is 2.44. The van der Waals surface area contributed by atoms with E-state index in [2.05, 4.69) is 54.1 Å². The Morgan fingerprint density at radius 2 is 1.96 bits per heavy atom. The molecule has 1 atom stereocenters. The molecule has 1 aromatic rings. The molecule has 2 heterocycles. The number of benzene rings is 1. The van der Waals surface area contributed by atoms with Crippen LogP contribution in [0, 0.1) is 5.41 Å². The maximum Gasteiger partial charge on any atom is 0.232 e. The molecular weight excluding hydrogens is 328 g/mol. The Balaban J connectivity index is 1.58. The first kappa shape index (κ1) is 18.8. The zero-order chi connectivity index (χ0) is 17.7. The van der Waals surface area contributed by atoms with Gasteiger partial charge in [0.1, 0.15) is 0 Å². The molecule has 1 aromatic carbocycles. The Labute approximate surface area is 157 Å². The summed E-state index contributed by atoms with van der Waals surface area (Å²) in [5, 5.41) is 0. The number of rotatable bonds is 5. The van der Waals surface area contributed by atoms with E-state index in [1.165, 1.54) is 18.5 Å². The van der Waals surface area contributed by atoms with Crippen LogP contribution in [0.5, 0.6) is 0 Å². The van der Waals surface area contributed by atoms with Crippen LogP contribution in [-0.2, 0) is 4.79 Å². The van der Waals surface area contributed by atoms with Crippen LogP contribution in [0.15, 0.2) is 30.3 Å². The zero-order valence-electron chi connectivity index (χ0n) is 15.7. The Kier molecular flexibility index (Phi) is 6.45. The van der Waals surface area contributed by atoms with Crippen LogP contribution < -0.4 is 0 Å². The van der Waals surface area contributed by atoms with Crippen molar-refractivity contribution in [3.05, 3.63) is 35.9 Å². The van der Waals surface area contributed by atoms with E-state index in [4.69, 9.17) is 0 Å². The van der Waals surface area contributed by atoms with E-state index >= 15 is 0 Å². The van der Waals surface area contributed by atoms with Gasteiger partial charge in [0.15, 0.2) is 0 Å². The van der Waals surface area contributed by atoms with E-state index in [-0.39, 0.29) is 0 Å². The third-order valence-electron chi connectivity index (χ3n) is 5.84. The smallest absolute Gasteiger partial charge is 0.232 e. The van der Waals surface area contributed by atoms with E-state index in [0.29, 0.717) is 23.0 Å². The van der Waals surface area contributed by atoms with Crippen LogP contribution in [0.1, 0.15) is 44.1 Å². The summed E-state index contributed by atoms with van der Waals surface area (Å²) in [5.41, 5.74) is 1.86. The lowest BCUT2D eigenvalue weighted by Crippen LogP contribution is -2.51. The number of hydrogen-bond donors (Lipinski definition) is 0. The first-order valence-electron chi connectivity index (χ1n) is 9.71. The topological polar surface area (TPSA) is 23.6 Å². The minimum absolute atomic E-state index is 0.345. The average Bonchev–Trinajstić information content (AvgIpc) is 2.62. The Bertz CT molecular complexity index is 554. The van der Waals surface area contributed by atoms with Crippen LogP contribution in [0.2, 0.25) is 0 Å². The van der Waals surface area contributed by atoms with Crippen molar-refractivity contribution in [2.45, 2.75) is 38.5 Å². The van der Waals surface area contributed by atoms with E-state index < -0.39 is 0 Å². The van der Waals surface area contributed by atoms with Crippen LogP contribution in [0.3, 0.4) is 0 Å². The first-order chi connectivity index (χ1) is 12.1. The summed E-state index contributed by atoms with van der Waals surface area (Å²) in [5.74, 6) is 2.72. The largest absolute Gasteiger partial charge is 0.342 e. The van der Waals surface area contributed by atoms with Gasteiger partial charge in [-0.25, -0.2) is 0 Å². The van der Waals surface area contributed by atoms with Gasteiger partial charge in [-0.3, -0.25) is 4.79 Å². The van der Waals surface area contributed by atoms with Gasteiger partial charge in [-0.15, -0.1) is 0 Å². The van der Waals surface area contributed by atoms with E-state index in [1.807, 2.05) is 0 Å². The molecule has 1 amide bonds. The number of nitrogens with zero attached hydrogens (tertiary/aromatic N) is 2. The fraction of sp³-hybridized carbons (Fsp3) is 0.667. The molecule has 2 saturated heterocycles. The van der Waals surface area contributed by atoms with Crippen molar-refractivity contribution in [3.63, 3.8) is 0 Å². The second kappa shape index (κ2) is 8.59. The molecule has 1 spiro atoms. The minimum atomic E-state index is 0.345. The number of likely N-dealkylation sites (tertiary alicyclic amines) is 2.